The molecule has 0 N–H and O–H groups in total. The van der Waals surface area contributed by atoms with Gasteiger partial charge in [-0.25, -0.2) is 0 Å². The molecule has 2 rings (SSSR count). The molecule has 0 aliphatic rings. The van der Waals surface area contributed by atoms with Crippen LogP contribution in [0.15, 0.2) is 35.5 Å². The molecular formula is C13H15N5O2S. The Balaban J connectivity index is 2.29. The molecular weight excluding hydrogens is 290 g/mol. The van der Waals surface area contributed by atoms with E-state index in [1.807, 2.05) is 30.3 Å². The Morgan fingerprint density at radius 2 is 1.90 bits per heavy atom. The SMILES string of the molecule is CC(=O)[C@H](Sc1nnnn1-c1ccccc1)C(=O)N(C)C. The van der Waals surface area contributed by atoms with Gasteiger partial charge in [-0.1, -0.05) is 30.0 Å². The van der Waals surface area contributed by atoms with Crippen LogP contribution in [0.25, 0.3) is 5.69 Å². The van der Waals surface area contributed by atoms with E-state index in [2.05, 4.69) is 15.5 Å². The number of rotatable bonds is 5. The lowest BCUT2D eigenvalue weighted by molar-refractivity contribution is -0.132. The molecule has 110 valence electrons. The number of Topliss-reactive ketones (excluding diaryl/α,β-unsaturated/α-hetero) is 1. The van der Waals surface area contributed by atoms with Crippen LogP contribution in [0, 0.1) is 0 Å². The van der Waals surface area contributed by atoms with Crippen LogP contribution >= 0.6 is 11.8 Å². The summed E-state index contributed by atoms with van der Waals surface area (Å²) < 4.78 is 1.50. The van der Waals surface area contributed by atoms with Crippen LogP contribution in [-0.4, -0.2) is 56.1 Å². The number of nitrogens with zero attached hydrogens (tertiary/aromatic N) is 5. The van der Waals surface area contributed by atoms with Crippen molar-refractivity contribution < 1.29 is 9.59 Å². The second-order valence-electron chi connectivity index (χ2n) is 4.55. The molecule has 1 heterocycles. The summed E-state index contributed by atoms with van der Waals surface area (Å²) in [7, 11) is 3.22. The Hall–Kier alpha value is -2.22. The summed E-state index contributed by atoms with van der Waals surface area (Å²) in [6, 6.07) is 9.29. The van der Waals surface area contributed by atoms with Crippen LogP contribution in [0.2, 0.25) is 0 Å². The van der Waals surface area contributed by atoms with Crippen molar-refractivity contribution in [2.75, 3.05) is 14.1 Å². The summed E-state index contributed by atoms with van der Waals surface area (Å²) in [6.45, 7) is 1.38. The molecule has 0 saturated heterocycles. The Bertz CT molecular complexity index is 641. The first kappa shape index (κ1) is 15.2. The molecule has 21 heavy (non-hydrogen) atoms. The van der Waals surface area contributed by atoms with E-state index in [-0.39, 0.29) is 11.7 Å². The fourth-order valence-electron chi connectivity index (χ4n) is 1.63. The molecule has 2 aromatic rings. The molecule has 0 spiro atoms. The highest BCUT2D eigenvalue weighted by Gasteiger charge is 2.28. The maximum Gasteiger partial charge on any atom is 0.243 e. The van der Waals surface area contributed by atoms with Crippen LogP contribution < -0.4 is 0 Å². The highest BCUT2D eigenvalue weighted by atomic mass is 32.2. The van der Waals surface area contributed by atoms with Crippen LogP contribution in [0.4, 0.5) is 0 Å². The van der Waals surface area contributed by atoms with Crippen molar-refractivity contribution in [1.82, 2.24) is 25.1 Å². The molecule has 7 nitrogen and oxygen atoms in total. The van der Waals surface area contributed by atoms with Gasteiger partial charge in [-0.3, -0.25) is 9.59 Å². The summed E-state index contributed by atoms with van der Waals surface area (Å²) in [5, 5.41) is 11.0. The van der Waals surface area contributed by atoms with Gasteiger partial charge in [-0.2, -0.15) is 4.68 Å². The van der Waals surface area contributed by atoms with E-state index in [0.29, 0.717) is 5.16 Å². The Kier molecular flexibility index (Phi) is 4.69. The first-order chi connectivity index (χ1) is 10.0. The topological polar surface area (TPSA) is 81.0 Å². The molecule has 0 aliphatic carbocycles. The largest absolute Gasteiger partial charge is 0.347 e. The van der Waals surface area contributed by atoms with Gasteiger partial charge in [-0.05, 0) is 29.5 Å². The average molecular weight is 305 g/mol. The number of hydrogen-bond donors (Lipinski definition) is 0. The third kappa shape index (κ3) is 3.46. The predicted molar refractivity (Wildman–Crippen MR) is 78.2 cm³/mol. The van der Waals surface area contributed by atoms with Gasteiger partial charge in [0, 0.05) is 14.1 Å². The highest BCUT2D eigenvalue weighted by Crippen LogP contribution is 2.24. The number of tetrazole rings is 1. The summed E-state index contributed by atoms with van der Waals surface area (Å²) >= 11 is 1.05. The van der Waals surface area contributed by atoms with E-state index in [1.165, 1.54) is 16.5 Å². The molecule has 0 fully saturated rings. The van der Waals surface area contributed by atoms with E-state index >= 15 is 0 Å². The zero-order valence-electron chi connectivity index (χ0n) is 11.9. The van der Waals surface area contributed by atoms with Crippen molar-refractivity contribution in [2.45, 2.75) is 17.3 Å². The number of benzene rings is 1. The molecule has 0 saturated carbocycles. The quantitative estimate of drug-likeness (QED) is 0.600. The lowest BCUT2D eigenvalue weighted by Gasteiger charge is -2.17. The second kappa shape index (κ2) is 6.49. The van der Waals surface area contributed by atoms with Gasteiger partial charge in [0.1, 0.15) is 5.25 Å². The van der Waals surface area contributed by atoms with E-state index < -0.39 is 5.25 Å². The summed E-state index contributed by atoms with van der Waals surface area (Å²) in [5.41, 5.74) is 0.768. The minimum atomic E-state index is -0.853. The number of para-hydroxylation sites is 1. The van der Waals surface area contributed by atoms with Crippen molar-refractivity contribution >= 4 is 23.5 Å². The fraction of sp³-hybridized carbons (Fsp3) is 0.308. The van der Waals surface area contributed by atoms with E-state index in [1.54, 1.807) is 14.1 Å². The van der Waals surface area contributed by atoms with E-state index in [0.717, 1.165) is 17.4 Å². The Morgan fingerprint density at radius 1 is 1.24 bits per heavy atom. The molecule has 0 unspecified atom stereocenters. The van der Waals surface area contributed by atoms with Crippen LogP contribution in [0.3, 0.4) is 0 Å². The number of amides is 1. The van der Waals surface area contributed by atoms with Gasteiger partial charge in [0.2, 0.25) is 11.1 Å². The van der Waals surface area contributed by atoms with Crippen LogP contribution in [0.5, 0.6) is 0 Å². The zero-order valence-corrected chi connectivity index (χ0v) is 12.7. The first-order valence-corrected chi connectivity index (χ1v) is 7.10. The third-order valence-corrected chi connectivity index (χ3v) is 3.93. The van der Waals surface area contributed by atoms with Crippen LogP contribution in [-0.2, 0) is 9.59 Å². The lowest BCUT2D eigenvalue weighted by Crippen LogP contribution is -2.36. The molecule has 0 radical (unpaired) electrons. The van der Waals surface area contributed by atoms with E-state index in [9.17, 15) is 9.59 Å². The molecule has 8 heteroatoms. The number of ketones is 1. The highest BCUT2D eigenvalue weighted by molar-refractivity contribution is 8.01. The normalized spacial score (nSPS) is 12.0. The van der Waals surface area contributed by atoms with Crippen molar-refractivity contribution in [3.63, 3.8) is 0 Å². The summed E-state index contributed by atoms with van der Waals surface area (Å²) in [5.74, 6) is -0.517. The molecule has 1 amide bonds. The van der Waals surface area contributed by atoms with Gasteiger partial charge in [0.25, 0.3) is 0 Å². The molecule has 1 aromatic carbocycles. The Morgan fingerprint density at radius 3 is 2.48 bits per heavy atom. The number of aromatic nitrogens is 4. The first-order valence-electron chi connectivity index (χ1n) is 6.22. The molecule has 1 aromatic heterocycles. The number of thioether (sulfide) groups is 1. The fourth-order valence-corrected chi connectivity index (χ4v) is 2.64. The number of hydrogen-bond acceptors (Lipinski definition) is 6. The van der Waals surface area contributed by atoms with Crippen molar-refractivity contribution in [3.05, 3.63) is 30.3 Å². The van der Waals surface area contributed by atoms with Crippen molar-refractivity contribution in [3.8, 4) is 5.69 Å². The lowest BCUT2D eigenvalue weighted by atomic mass is 10.3. The molecule has 0 bridgehead atoms. The van der Waals surface area contributed by atoms with Gasteiger partial charge >= 0.3 is 0 Å². The molecule has 0 aliphatic heterocycles. The van der Waals surface area contributed by atoms with Crippen molar-refractivity contribution in [1.29, 1.82) is 0 Å². The molecule has 1 atom stereocenters. The van der Waals surface area contributed by atoms with Gasteiger partial charge in [0.05, 0.1) is 5.69 Å². The number of carbonyl (C=O) groups excluding carboxylic acids is 2. The van der Waals surface area contributed by atoms with E-state index in [4.69, 9.17) is 0 Å². The maximum absolute atomic E-state index is 12.1. The maximum atomic E-state index is 12.1. The standard InChI is InChI=1S/C13H15N5O2S/c1-9(19)11(12(20)17(2)3)21-13-14-15-16-18(13)10-7-5-4-6-8-10/h4-8,11H,1-3H3/t11-/m0/s1. The zero-order chi connectivity index (χ0) is 15.4. The summed E-state index contributed by atoms with van der Waals surface area (Å²) in [4.78, 5) is 25.2. The van der Waals surface area contributed by atoms with Crippen LogP contribution in [0.1, 0.15) is 6.92 Å². The minimum Gasteiger partial charge on any atom is -0.347 e. The third-order valence-electron chi connectivity index (χ3n) is 2.70. The van der Waals surface area contributed by atoms with Gasteiger partial charge in [0.15, 0.2) is 5.78 Å². The summed E-state index contributed by atoms with van der Waals surface area (Å²) in [6.07, 6.45) is 0. The number of carbonyl (C=O) groups is 2. The van der Waals surface area contributed by atoms with Gasteiger partial charge in [-0.15, -0.1) is 5.10 Å². The monoisotopic (exact) mass is 305 g/mol. The second-order valence-corrected chi connectivity index (χ2v) is 5.62. The minimum absolute atomic E-state index is 0.235. The average Bonchev–Trinajstić information content (AvgIpc) is 2.92. The Labute approximate surface area is 126 Å². The predicted octanol–water partition coefficient (Wildman–Crippen LogP) is 0.800. The van der Waals surface area contributed by atoms with Gasteiger partial charge < -0.3 is 4.90 Å². The smallest absolute Gasteiger partial charge is 0.243 e. The van der Waals surface area contributed by atoms with Crippen molar-refractivity contribution in [2.24, 2.45) is 0 Å².